The van der Waals surface area contributed by atoms with Crippen LogP contribution >= 0.6 is 11.8 Å². The van der Waals surface area contributed by atoms with Gasteiger partial charge in [-0.2, -0.15) is 10.5 Å². The third-order valence-corrected chi connectivity index (χ3v) is 5.43. The SMILES string of the molecule is CC(C)NC(=O)CSC1=C(C#N)C2(CCCCC2)C(C#N)=C(N)N1. The molecule has 1 aliphatic heterocycles. The fourth-order valence-corrected chi connectivity index (χ4v) is 4.36. The van der Waals surface area contributed by atoms with Gasteiger partial charge in [0.15, 0.2) is 0 Å². The molecule has 0 atom stereocenters. The number of nitrogens with one attached hydrogen (secondary N) is 2. The maximum atomic E-state index is 11.9. The highest BCUT2D eigenvalue weighted by molar-refractivity contribution is 8.03. The van der Waals surface area contributed by atoms with Crippen LogP contribution in [0.2, 0.25) is 0 Å². The van der Waals surface area contributed by atoms with Crippen molar-refractivity contribution in [3.8, 4) is 12.1 Å². The molecule has 7 heteroatoms. The molecular weight excluding hydrogens is 322 g/mol. The van der Waals surface area contributed by atoms with Gasteiger partial charge in [-0.05, 0) is 26.7 Å². The molecule has 1 aliphatic carbocycles. The molecule has 2 rings (SSSR count). The number of amides is 1. The van der Waals surface area contributed by atoms with E-state index in [2.05, 4.69) is 22.8 Å². The number of hydrogen-bond acceptors (Lipinski definition) is 6. The number of carbonyl (C=O) groups excluding carboxylic acids is 1. The van der Waals surface area contributed by atoms with Crippen molar-refractivity contribution in [3.63, 3.8) is 0 Å². The molecule has 0 aromatic carbocycles. The Morgan fingerprint density at radius 3 is 2.46 bits per heavy atom. The van der Waals surface area contributed by atoms with Gasteiger partial charge in [0.2, 0.25) is 5.91 Å². The number of allylic oxidation sites excluding steroid dienone is 2. The van der Waals surface area contributed by atoms with E-state index in [0.29, 0.717) is 22.0 Å². The summed E-state index contributed by atoms with van der Waals surface area (Å²) in [5, 5.41) is 25.7. The van der Waals surface area contributed by atoms with Crippen LogP contribution in [0.25, 0.3) is 0 Å². The average Bonchev–Trinajstić information content (AvgIpc) is 2.53. The highest BCUT2D eigenvalue weighted by Gasteiger charge is 2.45. The van der Waals surface area contributed by atoms with Gasteiger partial charge in [-0.3, -0.25) is 4.79 Å². The first-order chi connectivity index (χ1) is 11.4. The van der Waals surface area contributed by atoms with Crippen LogP contribution in [0.15, 0.2) is 22.0 Å². The lowest BCUT2D eigenvalue weighted by atomic mass is 9.64. The molecule has 1 fully saturated rings. The molecule has 24 heavy (non-hydrogen) atoms. The van der Waals surface area contributed by atoms with E-state index in [1.54, 1.807) is 0 Å². The molecule has 0 bridgehead atoms. The van der Waals surface area contributed by atoms with Crippen molar-refractivity contribution in [2.24, 2.45) is 11.1 Å². The molecule has 0 aromatic rings. The van der Waals surface area contributed by atoms with Crippen LogP contribution in [-0.4, -0.2) is 17.7 Å². The molecule has 1 heterocycles. The first-order valence-electron chi connectivity index (χ1n) is 8.19. The standard InChI is InChI=1S/C17H23N5OS/c1-11(2)21-14(23)10-24-16-13(9-19)17(6-4-3-5-7-17)12(8-18)15(20)22-16/h11,22H,3-7,10,20H2,1-2H3,(H,21,23). The molecule has 128 valence electrons. The molecule has 1 spiro atoms. The zero-order valence-corrected chi connectivity index (χ0v) is 14.9. The van der Waals surface area contributed by atoms with Gasteiger partial charge in [0.1, 0.15) is 5.82 Å². The van der Waals surface area contributed by atoms with Crippen LogP contribution in [0.1, 0.15) is 46.0 Å². The third-order valence-electron chi connectivity index (χ3n) is 4.43. The van der Waals surface area contributed by atoms with Crippen LogP contribution < -0.4 is 16.4 Å². The summed E-state index contributed by atoms with van der Waals surface area (Å²) in [6.45, 7) is 3.80. The first-order valence-corrected chi connectivity index (χ1v) is 9.17. The van der Waals surface area contributed by atoms with Gasteiger partial charge < -0.3 is 16.4 Å². The fourth-order valence-electron chi connectivity index (χ4n) is 3.44. The van der Waals surface area contributed by atoms with E-state index >= 15 is 0 Å². The van der Waals surface area contributed by atoms with Crippen LogP contribution in [0.5, 0.6) is 0 Å². The van der Waals surface area contributed by atoms with E-state index in [1.165, 1.54) is 11.8 Å². The van der Waals surface area contributed by atoms with Gasteiger partial charge in [0.05, 0.1) is 34.1 Å². The van der Waals surface area contributed by atoms with Crippen molar-refractivity contribution < 1.29 is 4.79 Å². The van der Waals surface area contributed by atoms with Gasteiger partial charge in [0.25, 0.3) is 0 Å². The number of hydrogen-bond donors (Lipinski definition) is 3. The maximum absolute atomic E-state index is 11.9. The predicted molar refractivity (Wildman–Crippen MR) is 93.9 cm³/mol. The smallest absolute Gasteiger partial charge is 0.230 e. The largest absolute Gasteiger partial charge is 0.384 e. The lowest BCUT2D eigenvalue weighted by Crippen LogP contribution is -2.40. The van der Waals surface area contributed by atoms with Gasteiger partial charge in [-0.15, -0.1) is 0 Å². The Kier molecular flexibility index (Phi) is 5.80. The van der Waals surface area contributed by atoms with E-state index < -0.39 is 5.41 Å². The Balaban J connectivity index is 2.31. The van der Waals surface area contributed by atoms with Crippen molar-refractivity contribution in [2.75, 3.05) is 5.75 Å². The summed E-state index contributed by atoms with van der Waals surface area (Å²) < 4.78 is 0. The normalized spacial score (nSPS) is 19.7. The summed E-state index contributed by atoms with van der Waals surface area (Å²) in [7, 11) is 0. The quantitative estimate of drug-likeness (QED) is 0.720. The summed E-state index contributed by atoms with van der Waals surface area (Å²) in [6.07, 6.45) is 4.55. The summed E-state index contributed by atoms with van der Waals surface area (Å²) in [6, 6.07) is 4.57. The van der Waals surface area contributed by atoms with Crippen molar-refractivity contribution in [1.82, 2.24) is 10.6 Å². The van der Waals surface area contributed by atoms with Crippen LogP contribution in [0, 0.1) is 28.1 Å². The third kappa shape index (κ3) is 3.52. The number of nitrogens with zero attached hydrogens (tertiary/aromatic N) is 2. The maximum Gasteiger partial charge on any atom is 0.230 e. The summed E-state index contributed by atoms with van der Waals surface area (Å²) in [4.78, 5) is 11.9. The highest BCUT2D eigenvalue weighted by Crippen LogP contribution is 2.51. The molecular formula is C17H23N5OS. The molecule has 0 unspecified atom stereocenters. The Morgan fingerprint density at radius 2 is 1.92 bits per heavy atom. The topological polar surface area (TPSA) is 115 Å². The minimum atomic E-state index is -0.589. The lowest BCUT2D eigenvalue weighted by Gasteiger charge is -2.40. The molecule has 0 aromatic heterocycles. The zero-order chi connectivity index (χ0) is 17.7. The van der Waals surface area contributed by atoms with Gasteiger partial charge in [-0.25, -0.2) is 0 Å². The number of dihydropyridines is 1. The Bertz CT molecular complexity index is 659. The van der Waals surface area contributed by atoms with E-state index in [-0.39, 0.29) is 17.7 Å². The highest BCUT2D eigenvalue weighted by atomic mass is 32.2. The summed E-state index contributed by atoms with van der Waals surface area (Å²) in [5.41, 5.74) is 6.51. The molecule has 2 aliphatic rings. The molecule has 6 nitrogen and oxygen atoms in total. The first kappa shape index (κ1) is 18.2. The minimum Gasteiger partial charge on any atom is -0.384 e. The fraction of sp³-hybridized carbons (Fsp3) is 0.588. The zero-order valence-electron chi connectivity index (χ0n) is 14.1. The van der Waals surface area contributed by atoms with Crippen LogP contribution in [0.4, 0.5) is 0 Å². The second-order valence-electron chi connectivity index (χ2n) is 6.50. The van der Waals surface area contributed by atoms with Gasteiger partial charge in [-0.1, -0.05) is 31.0 Å². The van der Waals surface area contributed by atoms with Gasteiger partial charge >= 0.3 is 0 Å². The number of nitrogens with two attached hydrogens (primary N) is 1. The number of carbonyl (C=O) groups is 1. The summed E-state index contributed by atoms with van der Waals surface area (Å²) in [5.74, 6) is 0.426. The number of rotatable bonds is 4. The summed E-state index contributed by atoms with van der Waals surface area (Å²) >= 11 is 1.27. The van der Waals surface area contributed by atoms with E-state index in [9.17, 15) is 15.3 Å². The molecule has 1 amide bonds. The van der Waals surface area contributed by atoms with Crippen molar-refractivity contribution in [2.45, 2.75) is 52.0 Å². The van der Waals surface area contributed by atoms with Crippen molar-refractivity contribution in [3.05, 3.63) is 22.0 Å². The molecule has 4 N–H and O–H groups in total. The second kappa shape index (κ2) is 7.63. The lowest BCUT2D eigenvalue weighted by molar-refractivity contribution is -0.119. The van der Waals surface area contributed by atoms with Crippen LogP contribution in [-0.2, 0) is 4.79 Å². The second-order valence-corrected chi connectivity index (χ2v) is 7.48. The number of thioether (sulfide) groups is 1. The van der Waals surface area contributed by atoms with E-state index in [1.807, 2.05) is 13.8 Å². The van der Waals surface area contributed by atoms with Crippen molar-refractivity contribution in [1.29, 1.82) is 10.5 Å². The van der Waals surface area contributed by atoms with Crippen molar-refractivity contribution >= 4 is 17.7 Å². The number of nitriles is 2. The van der Waals surface area contributed by atoms with E-state index in [0.717, 1.165) is 32.1 Å². The Labute approximate surface area is 147 Å². The average molecular weight is 345 g/mol. The molecule has 0 radical (unpaired) electrons. The Morgan fingerprint density at radius 1 is 1.29 bits per heavy atom. The molecule has 0 saturated heterocycles. The Hall–Kier alpha value is -2.12. The molecule has 1 saturated carbocycles. The monoisotopic (exact) mass is 345 g/mol. The van der Waals surface area contributed by atoms with Crippen LogP contribution in [0.3, 0.4) is 0 Å². The minimum absolute atomic E-state index is 0.0710. The van der Waals surface area contributed by atoms with E-state index in [4.69, 9.17) is 5.73 Å². The van der Waals surface area contributed by atoms with Gasteiger partial charge in [0, 0.05) is 11.5 Å². The predicted octanol–water partition coefficient (Wildman–Crippen LogP) is 2.23.